The molecule has 1 fully saturated rings. The van der Waals surface area contributed by atoms with Gasteiger partial charge in [-0.3, -0.25) is 14.3 Å². The number of nitrogens with zero attached hydrogens (tertiary/aromatic N) is 1. The van der Waals surface area contributed by atoms with Gasteiger partial charge in [0.1, 0.15) is 6.10 Å². The first-order chi connectivity index (χ1) is 16.1. The van der Waals surface area contributed by atoms with Gasteiger partial charge in [0, 0.05) is 12.3 Å². The Labute approximate surface area is 199 Å². The number of hydroxylamine groups is 1. The third-order valence-corrected chi connectivity index (χ3v) is 11.5. The number of hydrogen-bond acceptors (Lipinski definition) is 6. The maximum Gasteiger partial charge on any atom is 0.328 e. The zero-order chi connectivity index (χ0) is 24.5. The topological polar surface area (TPSA) is 117 Å². The third kappa shape index (κ3) is 4.33. The summed E-state index contributed by atoms with van der Waals surface area (Å²) < 4.78 is 7.92. The molecule has 0 aliphatic heterocycles. The average Bonchev–Trinajstić information content (AvgIpc) is 3.08. The summed E-state index contributed by atoms with van der Waals surface area (Å²) in [5, 5.41) is 23.4. The Kier molecular flexibility index (Phi) is 6.75. The molecule has 1 saturated carbocycles. The second kappa shape index (κ2) is 9.44. The SMILES string of the molecule is CC(C)(C)[Si](ON[C@H]1C[C@@H](n2ccc(=O)[nH]c2=O)[C@H](O)[C@@H]1O)(c1ccccc1)c1ccccc1. The summed E-state index contributed by atoms with van der Waals surface area (Å²) in [5.74, 6) is 0. The molecule has 3 aromatic rings. The number of H-pyrrole nitrogens is 1. The molecule has 2 aromatic carbocycles. The smallest absolute Gasteiger partial charge is 0.328 e. The summed E-state index contributed by atoms with van der Waals surface area (Å²) in [5.41, 5.74) is 1.96. The van der Waals surface area contributed by atoms with Crippen molar-refractivity contribution in [2.45, 2.75) is 56.5 Å². The van der Waals surface area contributed by atoms with Crippen LogP contribution < -0.4 is 27.1 Å². The lowest BCUT2D eigenvalue weighted by Crippen LogP contribution is -2.69. The van der Waals surface area contributed by atoms with Crippen LogP contribution in [0.1, 0.15) is 33.2 Å². The van der Waals surface area contributed by atoms with E-state index < -0.39 is 43.9 Å². The Morgan fingerprint density at radius 2 is 1.50 bits per heavy atom. The first-order valence-corrected chi connectivity index (χ1v) is 13.3. The Morgan fingerprint density at radius 1 is 0.941 bits per heavy atom. The van der Waals surface area contributed by atoms with Gasteiger partial charge in [0.15, 0.2) is 0 Å². The van der Waals surface area contributed by atoms with Crippen LogP contribution >= 0.6 is 0 Å². The highest BCUT2D eigenvalue weighted by Crippen LogP contribution is 2.37. The van der Waals surface area contributed by atoms with E-state index in [9.17, 15) is 19.8 Å². The van der Waals surface area contributed by atoms with Crippen LogP contribution in [0.25, 0.3) is 0 Å². The number of aliphatic hydroxyl groups is 2. The minimum atomic E-state index is -2.91. The van der Waals surface area contributed by atoms with E-state index in [4.69, 9.17) is 4.53 Å². The molecular formula is C25H31N3O5Si. The summed E-state index contributed by atoms with van der Waals surface area (Å²) in [6.07, 6.45) is -0.787. The zero-order valence-corrected chi connectivity index (χ0v) is 20.5. The Balaban J connectivity index is 1.68. The number of aromatic nitrogens is 2. The number of nitrogens with one attached hydrogen (secondary N) is 2. The molecule has 0 bridgehead atoms. The maximum absolute atomic E-state index is 12.3. The fourth-order valence-electron chi connectivity index (χ4n) is 4.90. The number of hydrogen-bond donors (Lipinski definition) is 4. The monoisotopic (exact) mass is 481 g/mol. The molecule has 9 heteroatoms. The average molecular weight is 482 g/mol. The molecular weight excluding hydrogens is 450 g/mol. The summed E-state index contributed by atoms with van der Waals surface area (Å²) in [4.78, 5) is 25.9. The number of aromatic amines is 1. The molecule has 180 valence electrons. The molecule has 4 atom stereocenters. The van der Waals surface area contributed by atoms with Crippen LogP contribution in [0.4, 0.5) is 0 Å². The quantitative estimate of drug-likeness (QED) is 0.304. The standard InChI is InChI=1S/C25H31N3O5Si/c1-25(2,3)34(17-10-6-4-7-11-17,18-12-8-5-9-13-18)33-27-19-16-20(23(31)22(19)30)28-15-14-21(29)26-24(28)32/h4-15,19-20,22-23,27,30-31H,16H2,1-3H3,(H,26,29,32)/t19-,20+,22+,23-/m0/s1. The van der Waals surface area contributed by atoms with Crippen LogP contribution in [-0.2, 0) is 4.53 Å². The molecule has 8 nitrogen and oxygen atoms in total. The molecule has 4 rings (SSSR count). The Hall–Kier alpha value is -2.82. The molecule has 34 heavy (non-hydrogen) atoms. The highest BCUT2D eigenvalue weighted by atomic mass is 28.4. The predicted molar refractivity (Wildman–Crippen MR) is 133 cm³/mol. The van der Waals surface area contributed by atoms with Gasteiger partial charge in [-0.05, 0) is 21.8 Å². The summed E-state index contributed by atoms with van der Waals surface area (Å²) in [6, 6.07) is 20.0. The second-order valence-corrected chi connectivity index (χ2v) is 14.0. The van der Waals surface area contributed by atoms with Gasteiger partial charge in [0.05, 0.1) is 18.2 Å². The lowest BCUT2D eigenvalue weighted by atomic mass is 10.2. The van der Waals surface area contributed by atoms with Gasteiger partial charge in [-0.1, -0.05) is 81.4 Å². The van der Waals surface area contributed by atoms with Crippen molar-refractivity contribution in [3.05, 3.63) is 93.8 Å². The predicted octanol–water partition coefficient (Wildman–Crippen LogP) is 0.653. The van der Waals surface area contributed by atoms with Gasteiger partial charge >= 0.3 is 5.69 Å². The van der Waals surface area contributed by atoms with Crippen molar-refractivity contribution in [1.29, 1.82) is 0 Å². The molecule has 0 radical (unpaired) electrons. The van der Waals surface area contributed by atoms with E-state index in [1.165, 1.54) is 16.8 Å². The number of rotatable bonds is 6. The molecule has 0 spiro atoms. The Bertz CT molecular complexity index is 1180. The van der Waals surface area contributed by atoms with Crippen LogP contribution in [-0.4, -0.2) is 46.3 Å². The van der Waals surface area contributed by atoms with Crippen molar-refractivity contribution in [3.63, 3.8) is 0 Å². The molecule has 0 amide bonds. The largest absolute Gasteiger partial charge is 0.389 e. The van der Waals surface area contributed by atoms with E-state index >= 15 is 0 Å². The van der Waals surface area contributed by atoms with Gasteiger partial charge < -0.3 is 14.7 Å². The van der Waals surface area contributed by atoms with E-state index in [1.807, 2.05) is 36.4 Å². The molecule has 4 N–H and O–H groups in total. The normalized spacial score (nSPS) is 23.2. The van der Waals surface area contributed by atoms with Gasteiger partial charge in [-0.2, -0.15) is 0 Å². The number of benzene rings is 2. The fraction of sp³-hybridized carbons (Fsp3) is 0.360. The fourth-order valence-corrected chi connectivity index (χ4v) is 9.16. The lowest BCUT2D eigenvalue weighted by Gasteiger charge is -2.43. The third-order valence-electron chi connectivity index (χ3n) is 6.64. The number of aliphatic hydroxyl groups excluding tert-OH is 2. The van der Waals surface area contributed by atoms with E-state index in [-0.39, 0.29) is 11.5 Å². The van der Waals surface area contributed by atoms with Crippen LogP contribution in [0.15, 0.2) is 82.5 Å². The van der Waals surface area contributed by atoms with Gasteiger partial charge in [0.25, 0.3) is 13.9 Å². The van der Waals surface area contributed by atoms with Crippen LogP contribution in [0.5, 0.6) is 0 Å². The zero-order valence-electron chi connectivity index (χ0n) is 19.5. The molecule has 1 aliphatic carbocycles. The van der Waals surface area contributed by atoms with Gasteiger partial charge in [-0.25, -0.2) is 10.3 Å². The van der Waals surface area contributed by atoms with Crippen molar-refractivity contribution >= 4 is 18.7 Å². The Morgan fingerprint density at radius 3 is 2.00 bits per heavy atom. The summed E-state index contributed by atoms with van der Waals surface area (Å²) in [7, 11) is -2.91. The van der Waals surface area contributed by atoms with Crippen molar-refractivity contribution < 1.29 is 14.7 Å². The first kappa shape index (κ1) is 24.3. The van der Waals surface area contributed by atoms with E-state index in [0.29, 0.717) is 0 Å². The van der Waals surface area contributed by atoms with Crippen LogP contribution in [0.2, 0.25) is 5.04 Å². The van der Waals surface area contributed by atoms with Crippen LogP contribution in [0.3, 0.4) is 0 Å². The highest BCUT2D eigenvalue weighted by Gasteiger charge is 2.52. The van der Waals surface area contributed by atoms with Gasteiger partial charge in [0.2, 0.25) is 0 Å². The highest BCUT2D eigenvalue weighted by molar-refractivity contribution is 6.99. The molecule has 1 heterocycles. The van der Waals surface area contributed by atoms with Crippen molar-refractivity contribution in [2.24, 2.45) is 0 Å². The first-order valence-electron chi connectivity index (χ1n) is 11.4. The van der Waals surface area contributed by atoms with Crippen molar-refractivity contribution in [2.75, 3.05) is 0 Å². The maximum atomic E-state index is 12.3. The van der Waals surface area contributed by atoms with E-state index in [2.05, 4.69) is 55.5 Å². The molecule has 1 aliphatic rings. The summed E-state index contributed by atoms with van der Waals surface area (Å²) in [6.45, 7) is 6.43. The van der Waals surface area contributed by atoms with E-state index in [0.717, 1.165) is 10.4 Å². The van der Waals surface area contributed by atoms with Crippen molar-refractivity contribution in [1.82, 2.24) is 15.0 Å². The molecule has 0 saturated heterocycles. The van der Waals surface area contributed by atoms with E-state index in [1.54, 1.807) is 0 Å². The van der Waals surface area contributed by atoms with Gasteiger partial charge in [-0.15, -0.1) is 0 Å². The van der Waals surface area contributed by atoms with Crippen molar-refractivity contribution in [3.8, 4) is 0 Å². The molecule has 0 unspecified atom stereocenters. The van der Waals surface area contributed by atoms with Crippen LogP contribution in [0, 0.1) is 0 Å². The molecule has 1 aromatic heterocycles. The summed E-state index contributed by atoms with van der Waals surface area (Å²) >= 11 is 0. The minimum absolute atomic E-state index is 0.243. The second-order valence-electron chi connectivity index (χ2n) is 9.79. The lowest BCUT2D eigenvalue weighted by molar-refractivity contribution is -0.00630. The minimum Gasteiger partial charge on any atom is -0.389 e.